The molecule has 0 saturated carbocycles. The van der Waals surface area contributed by atoms with Gasteiger partial charge in [0.1, 0.15) is 6.20 Å². The summed E-state index contributed by atoms with van der Waals surface area (Å²) in [5.41, 5.74) is -0.269. The van der Waals surface area contributed by atoms with Gasteiger partial charge in [-0.25, -0.2) is 9.97 Å². The molecule has 0 unspecified atom stereocenters. The normalized spacial score (nSPS) is 9.83. The van der Waals surface area contributed by atoms with Crippen molar-refractivity contribution in [1.82, 2.24) is 9.97 Å². The first kappa shape index (κ1) is 9.21. The van der Waals surface area contributed by atoms with E-state index in [1.807, 2.05) is 0 Å². The predicted octanol–water partition coefficient (Wildman–Crippen LogP) is 1.76. The van der Waals surface area contributed by atoms with E-state index in [2.05, 4.69) is 9.97 Å². The molecule has 0 aliphatic rings. The van der Waals surface area contributed by atoms with Gasteiger partial charge in [0.05, 0.1) is 4.92 Å². The Labute approximate surface area is 77.3 Å². The summed E-state index contributed by atoms with van der Waals surface area (Å²) in [6, 6.07) is 0. The van der Waals surface area contributed by atoms with Crippen molar-refractivity contribution >= 4 is 29.1 Å². The third-order valence-corrected chi connectivity index (χ3v) is 1.92. The summed E-state index contributed by atoms with van der Waals surface area (Å²) >= 11 is 6.77. The standard InChI is InChI=1S/C5H4ClN3O2S/c1-12-5-7-2-3(9(10)11)4(6)8-5/h2H,1H3. The summed E-state index contributed by atoms with van der Waals surface area (Å²) in [7, 11) is 0. The van der Waals surface area contributed by atoms with Crippen molar-refractivity contribution in [2.24, 2.45) is 0 Å². The van der Waals surface area contributed by atoms with E-state index in [0.717, 1.165) is 6.20 Å². The van der Waals surface area contributed by atoms with E-state index in [1.54, 1.807) is 6.26 Å². The van der Waals surface area contributed by atoms with Crippen molar-refractivity contribution < 1.29 is 4.92 Å². The Morgan fingerprint density at radius 1 is 1.75 bits per heavy atom. The van der Waals surface area contributed by atoms with Crippen LogP contribution in [0.2, 0.25) is 5.15 Å². The zero-order chi connectivity index (χ0) is 9.14. The molecule has 0 aliphatic carbocycles. The summed E-state index contributed by atoms with van der Waals surface area (Å²) in [5, 5.41) is 10.6. The Morgan fingerprint density at radius 3 is 2.83 bits per heavy atom. The maximum Gasteiger partial charge on any atom is 0.324 e. The number of nitro groups is 1. The molecule has 5 nitrogen and oxygen atoms in total. The number of aromatic nitrogens is 2. The molecule has 0 bridgehead atoms. The molecule has 1 aromatic heterocycles. The number of hydrogen-bond donors (Lipinski definition) is 0. The Hall–Kier alpha value is -0.880. The minimum Gasteiger partial charge on any atom is -0.258 e. The highest BCUT2D eigenvalue weighted by Crippen LogP contribution is 2.22. The molecule has 1 aromatic rings. The van der Waals surface area contributed by atoms with Crippen molar-refractivity contribution in [1.29, 1.82) is 0 Å². The molecule has 64 valence electrons. The highest BCUT2D eigenvalue weighted by Gasteiger charge is 2.14. The lowest BCUT2D eigenvalue weighted by molar-refractivity contribution is -0.385. The van der Waals surface area contributed by atoms with Crippen LogP contribution in [-0.2, 0) is 0 Å². The van der Waals surface area contributed by atoms with Crippen LogP contribution in [0.3, 0.4) is 0 Å². The van der Waals surface area contributed by atoms with E-state index in [-0.39, 0.29) is 10.8 Å². The van der Waals surface area contributed by atoms with E-state index in [1.165, 1.54) is 11.8 Å². The summed E-state index contributed by atoms with van der Waals surface area (Å²) in [4.78, 5) is 17.0. The largest absolute Gasteiger partial charge is 0.324 e. The first-order chi connectivity index (χ1) is 5.65. The van der Waals surface area contributed by atoms with Crippen LogP contribution in [0.4, 0.5) is 5.69 Å². The van der Waals surface area contributed by atoms with Crippen molar-refractivity contribution in [3.8, 4) is 0 Å². The number of rotatable bonds is 2. The Morgan fingerprint density at radius 2 is 2.42 bits per heavy atom. The molecule has 0 aliphatic heterocycles. The van der Waals surface area contributed by atoms with Gasteiger partial charge in [-0.2, -0.15) is 0 Å². The summed E-state index contributed by atoms with van der Waals surface area (Å²) < 4.78 is 0. The van der Waals surface area contributed by atoms with Crippen LogP contribution >= 0.6 is 23.4 Å². The second kappa shape index (κ2) is 3.68. The summed E-state index contributed by atoms with van der Waals surface area (Å²) in [6.07, 6.45) is 2.86. The maximum atomic E-state index is 10.3. The summed E-state index contributed by atoms with van der Waals surface area (Å²) in [5.74, 6) is 0. The van der Waals surface area contributed by atoms with Crippen LogP contribution in [-0.4, -0.2) is 21.1 Å². The second-order valence-electron chi connectivity index (χ2n) is 1.79. The van der Waals surface area contributed by atoms with Crippen LogP contribution in [0, 0.1) is 10.1 Å². The fraction of sp³-hybridized carbons (Fsp3) is 0.200. The van der Waals surface area contributed by atoms with E-state index in [9.17, 15) is 10.1 Å². The first-order valence-corrected chi connectivity index (χ1v) is 4.46. The number of thioether (sulfide) groups is 1. The number of nitrogens with zero attached hydrogens (tertiary/aromatic N) is 3. The SMILES string of the molecule is CSc1ncc([N+](=O)[O-])c(Cl)n1. The highest BCUT2D eigenvalue weighted by atomic mass is 35.5. The lowest BCUT2D eigenvalue weighted by Crippen LogP contribution is -1.94. The second-order valence-corrected chi connectivity index (χ2v) is 2.92. The van der Waals surface area contributed by atoms with Crippen LogP contribution in [0.5, 0.6) is 0 Å². The molecule has 0 fully saturated rings. The Balaban J connectivity index is 3.12. The van der Waals surface area contributed by atoms with Gasteiger partial charge in [-0.1, -0.05) is 23.4 Å². The van der Waals surface area contributed by atoms with Gasteiger partial charge in [-0.3, -0.25) is 10.1 Å². The quantitative estimate of drug-likeness (QED) is 0.242. The van der Waals surface area contributed by atoms with Crippen LogP contribution in [0.15, 0.2) is 11.4 Å². The molecule has 0 atom stereocenters. The minimum atomic E-state index is -0.619. The molecule has 7 heteroatoms. The van der Waals surface area contributed by atoms with Crippen molar-refractivity contribution in [3.63, 3.8) is 0 Å². The van der Waals surface area contributed by atoms with Crippen LogP contribution in [0.1, 0.15) is 0 Å². The minimum absolute atomic E-state index is 0.126. The van der Waals surface area contributed by atoms with Crippen molar-refractivity contribution in [2.75, 3.05) is 6.26 Å². The summed E-state index contributed by atoms with van der Waals surface area (Å²) in [6.45, 7) is 0. The topological polar surface area (TPSA) is 68.9 Å². The van der Waals surface area contributed by atoms with Crippen LogP contribution in [0.25, 0.3) is 0 Å². The van der Waals surface area contributed by atoms with Gasteiger partial charge in [0.25, 0.3) is 0 Å². The maximum absolute atomic E-state index is 10.3. The van der Waals surface area contributed by atoms with Gasteiger partial charge in [0.2, 0.25) is 5.15 Å². The van der Waals surface area contributed by atoms with E-state index in [0.29, 0.717) is 5.16 Å². The molecule has 0 amide bonds. The average Bonchev–Trinajstić information content (AvgIpc) is 2.03. The molecule has 1 rings (SSSR count). The highest BCUT2D eigenvalue weighted by molar-refractivity contribution is 7.98. The molecule has 0 N–H and O–H groups in total. The van der Waals surface area contributed by atoms with E-state index < -0.39 is 4.92 Å². The van der Waals surface area contributed by atoms with Gasteiger partial charge in [0, 0.05) is 0 Å². The predicted molar refractivity (Wildman–Crippen MR) is 45.5 cm³/mol. The zero-order valence-electron chi connectivity index (χ0n) is 6.02. The van der Waals surface area contributed by atoms with Crippen molar-refractivity contribution in [3.05, 3.63) is 21.5 Å². The van der Waals surface area contributed by atoms with Crippen molar-refractivity contribution in [2.45, 2.75) is 5.16 Å². The number of hydrogen-bond acceptors (Lipinski definition) is 5. The zero-order valence-corrected chi connectivity index (χ0v) is 7.59. The molecule has 0 radical (unpaired) electrons. The molecular formula is C5H4ClN3O2S. The molecule has 12 heavy (non-hydrogen) atoms. The van der Waals surface area contributed by atoms with Gasteiger partial charge >= 0.3 is 5.69 Å². The smallest absolute Gasteiger partial charge is 0.258 e. The third-order valence-electron chi connectivity index (χ3n) is 1.08. The molecule has 0 saturated heterocycles. The van der Waals surface area contributed by atoms with E-state index >= 15 is 0 Å². The van der Waals surface area contributed by atoms with E-state index in [4.69, 9.17) is 11.6 Å². The molecule has 0 spiro atoms. The van der Waals surface area contributed by atoms with Gasteiger partial charge < -0.3 is 0 Å². The van der Waals surface area contributed by atoms with Gasteiger partial charge in [-0.15, -0.1) is 0 Å². The molecule has 1 heterocycles. The fourth-order valence-electron chi connectivity index (χ4n) is 0.561. The van der Waals surface area contributed by atoms with Crippen LogP contribution < -0.4 is 0 Å². The number of halogens is 1. The monoisotopic (exact) mass is 205 g/mol. The fourth-order valence-corrected chi connectivity index (χ4v) is 1.15. The Kier molecular flexibility index (Phi) is 2.83. The lowest BCUT2D eigenvalue weighted by atomic mass is 10.6. The first-order valence-electron chi connectivity index (χ1n) is 2.86. The lowest BCUT2D eigenvalue weighted by Gasteiger charge is -1.95. The van der Waals surface area contributed by atoms with Gasteiger partial charge in [0.15, 0.2) is 5.16 Å². The molecule has 0 aromatic carbocycles. The third kappa shape index (κ3) is 1.83. The average molecular weight is 206 g/mol. The molecular weight excluding hydrogens is 202 g/mol. The van der Waals surface area contributed by atoms with Gasteiger partial charge in [-0.05, 0) is 6.26 Å². The Bertz CT molecular complexity index is 320.